The van der Waals surface area contributed by atoms with Crippen molar-refractivity contribution < 1.29 is 68.0 Å². The van der Waals surface area contributed by atoms with Gasteiger partial charge >= 0.3 is 0 Å². The van der Waals surface area contributed by atoms with Crippen molar-refractivity contribution in [1.82, 2.24) is 10.6 Å². The van der Waals surface area contributed by atoms with Crippen LogP contribution in [0.15, 0.2) is 71.9 Å². The fourth-order valence-electron chi connectivity index (χ4n) is 9.62. The molecule has 0 aliphatic carbocycles. The minimum atomic E-state index is -0.833. The smallest absolute Gasteiger partial charge is 0.300 e. The number of aliphatic hydroxyl groups is 3. The van der Waals surface area contributed by atoms with Gasteiger partial charge < -0.3 is 65.2 Å². The van der Waals surface area contributed by atoms with Gasteiger partial charge in [-0.1, -0.05) is 109 Å². The van der Waals surface area contributed by atoms with E-state index >= 15 is 0 Å². The fraction of sp³-hybridized carbons (Fsp3) is 0.719. The van der Waals surface area contributed by atoms with Crippen LogP contribution in [0.2, 0.25) is 0 Å². The van der Waals surface area contributed by atoms with Gasteiger partial charge in [0.05, 0.1) is 61.9 Å². The summed E-state index contributed by atoms with van der Waals surface area (Å²) in [5.74, 6) is 0.0402. The Morgan fingerprint density at radius 1 is 0.662 bits per heavy atom. The lowest BCUT2D eigenvalue weighted by Gasteiger charge is -2.39. The highest BCUT2D eigenvalue weighted by atomic mass is 16.6. The highest BCUT2D eigenvalue weighted by molar-refractivity contribution is 5.88. The molecule has 6 heterocycles. The summed E-state index contributed by atoms with van der Waals surface area (Å²) in [5, 5.41) is 44.0. The molecule has 0 aromatic heterocycles. The third-order valence-corrected chi connectivity index (χ3v) is 14.3. The molecule has 0 aromatic rings. The maximum Gasteiger partial charge on any atom is 0.300 e. The number of ketones is 1. The molecule has 2 amide bonds. The Morgan fingerprint density at radius 3 is 1.39 bits per heavy atom. The molecule has 0 bridgehead atoms. The van der Waals surface area contributed by atoms with Gasteiger partial charge in [0, 0.05) is 32.7 Å². The van der Waals surface area contributed by atoms with E-state index in [-0.39, 0.29) is 86.1 Å². The predicted molar refractivity (Wildman–Crippen MR) is 285 cm³/mol. The Morgan fingerprint density at radius 2 is 1.04 bits per heavy atom. The van der Waals surface area contributed by atoms with Crippen LogP contribution in [0.5, 0.6) is 0 Å². The van der Waals surface area contributed by atoms with E-state index in [1.165, 1.54) is 0 Å². The minimum Gasteiger partial charge on any atom is -0.481 e. The monoisotopic (exact) mass is 1040 g/mol. The number of aliphatic hydroxyl groups excluding tert-OH is 3. The zero-order valence-corrected chi connectivity index (χ0v) is 45.2. The second-order valence-corrected chi connectivity index (χ2v) is 21.8. The summed E-state index contributed by atoms with van der Waals surface area (Å²) in [6.07, 6.45) is 20.5. The van der Waals surface area contributed by atoms with Crippen molar-refractivity contribution in [3.8, 4) is 0 Å². The SMILES string of the molecule is C.CC(/C=C/[C@H]1O[C@H](CC(=O)CO)C[C@@]2(CO2)[C@@H]1O)=C\C[C@@H]1O[C@H](C)[C@H](NC(=O)/C=C\C(C)C)C[C@@H]1C.CC(/C=C/[C@H]1O[C@H](CN)C[C@@]2(CO2)[C@@H]1O)=C\C[C@@H]1O[C@H](C)[C@H](NC(=O)/C=C\C(C)C)C[C@@H]1C.CC(=O)O. The summed E-state index contributed by atoms with van der Waals surface area (Å²) >= 11 is 0. The Bertz CT molecular complexity index is 1980. The molecular weight excluding hydrogens is 951 g/mol. The number of hydrogen-bond acceptors (Lipinski definition) is 14. The number of carboxylic acids is 1. The van der Waals surface area contributed by atoms with E-state index in [0.29, 0.717) is 50.4 Å². The van der Waals surface area contributed by atoms with E-state index < -0.39 is 48.2 Å². The highest BCUT2D eigenvalue weighted by Crippen LogP contribution is 2.44. The molecule has 6 fully saturated rings. The first-order valence-electron chi connectivity index (χ1n) is 26.3. The number of carbonyl (C=O) groups excluding carboxylic acids is 3. The zero-order valence-electron chi connectivity index (χ0n) is 45.2. The van der Waals surface area contributed by atoms with Crippen LogP contribution < -0.4 is 16.4 Å². The summed E-state index contributed by atoms with van der Waals surface area (Å²) in [6, 6.07) is 0.000948. The molecule has 0 unspecified atom stereocenters. The van der Waals surface area contributed by atoms with Gasteiger partial charge in [-0.05, 0) is 89.2 Å². The number of amides is 2. The summed E-state index contributed by atoms with van der Waals surface area (Å²) in [4.78, 5) is 45.0. The number of rotatable bonds is 18. The molecule has 2 spiro atoms. The molecule has 17 nitrogen and oxygen atoms in total. The first-order chi connectivity index (χ1) is 34.4. The lowest BCUT2D eigenvalue weighted by atomic mass is 9.87. The van der Waals surface area contributed by atoms with Crippen molar-refractivity contribution >= 4 is 23.6 Å². The maximum absolute atomic E-state index is 12.2. The number of allylic oxidation sites excluding steroid dienone is 6. The molecule has 74 heavy (non-hydrogen) atoms. The quantitative estimate of drug-likeness (QED) is 0.0473. The van der Waals surface area contributed by atoms with Crippen LogP contribution in [0.25, 0.3) is 0 Å². The van der Waals surface area contributed by atoms with Crippen molar-refractivity contribution in [3.05, 3.63) is 71.9 Å². The second kappa shape index (κ2) is 30.2. The highest BCUT2D eigenvalue weighted by Gasteiger charge is 2.59. The zero-order chi connectivity index (χ0) is 54.2. The number of Topliss-reactive ketones (excluding diaryl/α,β-unsaturated/α-hetero) is 1. The standard InChI is InChI=1S/C28H43NO7.C26H42N2O5.C2H4O2.CH4/c1-17(2)6-11-26(32)29-23-12-19(4)24(35-20(23)5)9-7-18(3)8-10-25-27(33)28(16-34-28)14-22(36-25)13-21(31)15-30;1-16(2)6-11-24(29)28-21-12-18(4)22(32-19(21)5)9-7-17(3)8-10-23-25(30)26(15-31-26)13-20(14-27)33-23;1-2(3)4;/h6-8,10-11,17,19-20,22-25,27,30,33H,9,12-16H2,1-5H3,(H,29,32);6-8,10-11,16,18-23,25,30H,9,12-15,27H2,1-5H3,(H,28,29);1H3,(H,3,4);1H4/b10-8+,11-6-,18-7+;10-8+,11-6-,17-7+;;/t19-,20+,22+,23+,24-,25+,27+,28+;18-,19+,20-,21+,22-,23+,25+,26+;;/m00../s1. The van der Waals surface area contributed by atoms with Crippen molar-refractivity contribution in [3.63, 3.8) is 0 Å². The number of hydrogen-bond donors (Lipinski definition) is 7. The molecule has 6 rings (SSSR count). The Hall–Kier alpha value is -3.88. The minimum absolute atomic E-state index is 0. The summed E-state index contributed by atoms with van der Waals surface area (Å²) in [6.45, 7) is 22.5. The molecule has 17 heteroatoms. The topological polar surface area (TPSA) is 261 Å². The molecule has 6 saturated heterocycles. The average molecular weight is 1040 g/mol. The summed E-state index contributed by atoms with van der Waals surface area (Å²) < 4.78 is 35.5. The van der Waals surface area contributed by atoms with E-state index in [4.69, 9.17) is 49.2 Å². The largest absolute Gasteiger partial charge is 0.481 e. The number of ether oxygens (including phenoxy) is 6. The number of nitrogens with two attached hydrogens (primary N) is 1. The van der Waals surface area contributed by atoms with E-state index in [1.807, 2.05) is 91.8 Å². The normalized spacial score (nSPS) is 36.1. The summed E-state index contributed by atoms with van der Waals surface area (Å²) in [7, 11) is 0. The van der Waals surface area contributed by atoms with Gasteiger partial charge in [-0.3, -0.25) is 19.2 Å². The third kappa shape index (κ3) is 20.6. The van der Waals surface area contributed by atoms with Crippen LogP contribution in [0.4, 0.5) is 0 Å². The molecule has 0 saturated carbocycles. The molecular formula is C57H93N3O14. The first kappa shape index (κ1) is 64.4. The maximum atomic E-state index is 12.2. The number of carboxylic acid groups (broad SMARTS) is 1. The van der Waals surface area contributed by atoms with Gasteiger partial charge in [0.2, 0.25) is 11.8 Å². The van der Waals surface area contributed by atoms with Crippen LogP contribution in [0.1, 0.15) is 129 Å². The predicted octanol–water partition coefficient (Wildman–Crippen LogP) is 5.99. The van der Waals surface area contributed by atoms with E-state index in [0.717, 1.165) is 43.8 Å². The number of epoxide rings is 2. The summed E-state index contributed by atoms with van der Waals surface area (Å²) in [5.41, 5.74) is 6.77. The Labute approximate surface area is 441 Å². The van der Waals surface area contributed by atoms with Gasteiger partial charge in [0.15, 0.2) is 5.78 Å². The van der Waals surface area contributed by atoms with Crippen molar-refractivity contribution in [1.29, 1.82) is 0 Å². The molecule has 0 aromatic carbocycles. The number of aliphatic carboxylic acids is 1. The van der Waals surface area contributed by atoms with Gasteiger partial charge in [-0.25, -0.2) is 0 Å². The average Bonchev–Trinajstić information content (AvgIpc) is 4.27. The van der Waals surface area contributed by atoms with Crippen LogP contribution in [0.3, 0.4) is 0 Å². The Balaban J connectivity index is 0.000000360. The lowest BCUT2D eigenvalue weighted by Crippen LogP contribution is -2.51. The fourth-order valence-corrected chi connectivity index (χ4v) is 9.62. The second-order valence-electron chi connectivity index (χ2n) is 21.8. The molecule has 420 valence electrons. The van der Waals surface area contributed by atoms with Gasteiger partial charge in [0.1, 0.15) is 42.2 Å². The van der Waals surface area contributed by atoms with Crippen LogP contribution in [0, 0.1) is 23.7 Å². The molecule has 8 N–H and O–H groups in total. The van der Waals surface area contributed by atoms with Crippen LogP contribution in [-0.2, 0) is 47.6 Å². The van der Waals surface area contributed by atoms with Gasteiger partial charge in [-0.15, -0.1) is 0 Å². The molecule has 6 aliphatic heterocycles. The third-order valence-electron chi connectivity index (χ3n) is 14.3. The van der Waals surface area contributed by atoms with E-state index in [2.05, 4.69) is 36.6 Å². The van der Waals surface area contributed by atoms with Crippen molar-refractivity contribution in [2.45, 2.75) is 213 Å². The lowest BCUT2D eigenvalue weighted by molar-refractivity contribution is -0.145. The van der Waals surface area contributed by atoms with Crippen LogP contribution in [-0.4, -0.2) is 155 Å². The van der Waals surface area contributed by atoms with E-state index in [9.17, 15) is 24.6 Å². The van der Waals surface area contributed by atoms with Crippen LogP contribution >= 0.6 is 0 Å². The molecule has 16 atom stereocenters. The van der Waals surface area contributed by atoms with Gasteiger partial charge in [-0.2, -0.15) is 0 Å². The number of nitrogens with one attached hydrogen (secondary N) is 2. The Kier molecular flexibility index (Phi) is 26.3. The van der Waals surface area contributed by atoms with E-state index in [1.54, 1.807) is 12.2 Å². The molecule has 0 radical (unpaired) electrons. The van der Waals surface area contributed by atoms with Crippen molar-refractivity contribution in [2.24, 2.45) is 29.4 Å². The van der Waals surface area contributed by atoms with Crippen molar-refractivity contribution in [2.75, 3.05) is 26.4 Å². The first-order valence-corrected chi connectivity index (χ1v) is 26.3. The molecule has 6 aliphatic rings. The van der Waals surface area contributed by atoms with Gasteiger partial charge in [0.25, 0.3) is 5.97 Å². The number of carbonyl (C=O) groups is 4.